The Balaban J connectivity index is 2.08. The van der Waals surface area contributed by atoms with Crippen LogP contribution in [0.1, 0.15) is 0 Å². The number of cyclic esters (lactones) is 1. The SMILES string of the molecule is COC1=CC(=O)OC1Oc1ccccc1. The Hall–Kier alpha value is -1.97. The van der Waals surface area contributed by atoms with Crippen molar-refractivity contribution in [2.75, 3.05) is 7.11 Å². The minimum atomic E-state index is -0.773. The standard InChI is InChI=1S/C11H10O4/c1-13-9-7-10(12)15-11(9)14-8-5-3-2-4-6-8/h2-7,11H,1H3. The van der Waals surface area contributed by atoms with Crippen molar-refractivity contribution < 1.29 is 19.0 Å². The van der Waals surface area contributed by atoms with E-state index in [-0.39, 0.29) is 0 Å². The molecule has 0 amide bonds. The normalized spacial score (nSPS) is 19.4. The first-order chi connectivity index (χ1) is 7.29. The van der Waals surface area contributed by atoms with Crippen LogP contribution >= 0.6 is 0 Å². The molecule has 0 spiro atoms. The molecule has 1 aromatic rings. The molecule has 4 heteroatoms. The molecule has 0 radical (unpaired) electrons. The summed E-state index contributed by atoms with van der Waals surface area (Å²) in [4.78, 5) is 11.0. The average Bonchev–Trinajstić information content (AvgIpc) is 2.60. The van der Waals surface area contributed by atoms with Crippen LogP contribution in [0.25, 0.3) is 0 Å². The summed E-state index contributed by atoms with van der Waals surface area (Å²) >= 11 is 0. The Kier molecular flexibility index (Phi) is 2.58. The molecule has 1 heterocycles. The molecule has 0 aromatic heterocycles. The maximum absolute atomic E-state index is 11.0. The Morgan fingerprint density at radius 1 is 1.27 bits per heavy atom. The summed E-state index contributed by atoms with van der Waals surface area (Å²) < 4.78 is 15.3. The van der Waals surface area contributed by atoms with Gasteiger partial charge in [-0.3, -0.25) is 0 Å². The van der Waals surface area contributed by atoms with Gasteiger partial charge >= 0.3 is 12.3 Å². The fraction of sp³-hybridized carbons (Fsp3) is 0.182. The molecule has 0 N–H and O–H groups in total. The van der Waals surface area contributed by atoms with Crippen LogP contribution in [0.3, 0.4) is 0 Å². The van der Waals surface area contributed by atoms with Crippen molar-refractivity contribution in [3.05, 3.63) is 42.2 Å². The van der Waals surface area contributed by atoms with Crippen LogP contribution in [0.15, 0.2) is 42.2 Å². The van der Waals surface area contributed by atoms with Gasteiger partial charge in [0.2, 0.25) is 0 Å². The number of hydrogen-bond donors (Lipinski definition) is 0. The molecule has 0 aliphatic carbocycles. The van der Waals surface area contributed by atoms with Gasteiger partial charge in [-0.2, -0.15) is 0 Å². The van der Waals surface area contributed by atoms with E-state index in [0.717, 1.165) is 0 Å². The third-order valence-electron chi connectivity index (χ3n) is 1.94. The Labute approximate surface area is 87.1 Å². The highest BCUT2D eigenvalue weighted by atomic mass is 16.7. The van der Waals surface area contributed by atoms with Gasteiger partial charge in [-0.25, -0.2) is 4.79 Å². The van der Waals surface area contributed by atoms with Crippen LogP contribution in [0, 0.1) is 0 Å². The molecule has 0 fully saturated rings. The van der Waals surface area contributed by atoms with E-state index in [1.807, 2.05) is 18.2 Å². The van der Waals surface area contributed by atoms with E-state index in [4.69, 9.17) is 14.2 Å². The predicted octanol–water partition coefficient (Wildman–Crippen LogP) is 1.48. The largest absolute Gasteiger partial charge is 0.493 e. The molecule has 1 aromatic carbocycles. The number of benzene rings is 1. The molecular weight excluding hydrogens is 196 g/mol. The Morgan fingerprint density at radius 2 is 2.00 bits per heavy atom. The van der Waals surface area contributed by atoms with Crippen molar-refractivity contribution in [2.24, 2.45) is 0 Å². The molecule has 0 saturated carbocycles. The summed E-state index contributed by atoms with van der Waals surface area (Å²) in [5.74, 6) is 0.553. The monoisotopic (exact) mass is 206 g/mol. The first kappa shape index (κ1) is 9.58. The lowest BCUT2D eigenvalue weighted by Gasteiger charge is -2.14. The van der Waals surface area contributed by atoms with E-state index >= 15 is 0 Å². The lowest BCUT2D eigenvalue weighted by Crippen LogP contribution is -2.20. The Morgan fingerprint density at radius 3 is 2.67 bits per heavy atom. The number of carbonyl (C=O) groups is 1. The first-order valence-electron chi connectivity index (χ1n) is 4.47. The minimum Gasteiger partial charge on any atom is -0.493 e. The second-order valence-electron chi connectivity index (χ2n) is 2.95. The molecule has 78 valence electrons. The van der Waals surface area contributed by atoms with Gasteiger partial charge in [0, 0.05) is 0 Å². The smallest absolute Gasteiger partial charge is 0.337 e. The van der Waals surface area contributed by atoms with E-state index < -0.39 is 12.3 Å². The molecule has 15 heavy (non-hydrogen) atoms. The number of carbonyl (C=O) groups excluding carboxylic acids is 1. The summed E-state index contributed by atoms with van der Waals surface area (Å²) in [5, 5.41) is 0. The summed E-state index contributed by atoms with van der Waals surface area (Å²) in [6.45, 7) is 0. The van der Waals surface area contributed by atoms with Gasteiger partial charge in [0.05, 0.1) is 13.2 Å². The van der Waals surface area contributed by atoms with Crippen molar-refractivity contribution in [2.45, 2.75) is 6.29 Å². The molecule has 0 bridgehead atoms. The number of rotatable bonds is 3. The highest BCUT2D eigenvalue weighted by molar-refractivity contribution is 5.85. The van der Waals surface area contributed by atoms with Crippen molar-refractivity contribution in [3.63, 3.8) is 0 Å². The molecule has 1 aliphatic rings. The third-order valence-corrected chi connectivity index (χ3v) is 1.94. The number of para-hydroxylation sites is 1. The van der Waals surface area contributed by atoms with E-state index in [1.54, 1.807) is 12.1 Å². The van der Waals surface area contributed by atoms with Gasteiger partial charge in [0.15, 0.2) is 5.76 Å². The van der Waals surface area contributed by atoms with Gasteiger partial charge in [0.1, 0.15) is 5.75 Å². The Bertz CT molecular complexity index is 383. The predicted molar refractivity (Wildman–Crippen MR) is 52.0 cm³/mol. The van der Waals surface area contributed by atoms with Gasteiger partial charge < -0.3 is 14.2 Å². The maximum atomic E-state index is 11.0. The van der Waals surface area contributed by atoms with Crippen molar-refractivity contribution in [3.8, 4) is 5.75 Å². The molecule has 1 unspecified atom stereocenters. The minimum absolute atomic E-state index is 0.379. The van der Waals surface area contributed by atoms with Crippen LogP contribution in [-0.2, 0) is 14.3 Å². The molecule has 2 rings (SSSR count). The van der Waals surface area contributed by atoms with E-state index in [0.29, 0.717) is 11.5 Å². The molecule has 1 atom stereocenters. The van der Waals surface area contributed by atoms with E-state index in [9.17, 15) is 4.79 Å². The highest BCUT2D eigenvalue weighted by Crippen LogP contribution is 2.20. The quantitative estimate of drug-likeness (QED) is 0.702. The second kappa shape index (κ2) is 4.04. The van der Waals surface area contributed by atoms with Gasteiger partial charge in [-0.15, -0.1) is 0 Å². The maximum Gasteiger partial charge on any atom is 0.337 e. The second-order valence-corrected chi connectivity index (χ2v) is 2.95. The van der Waals surface area contributed by atoms with Crippen molar-refractivity contribution in [1.29, 1.82) is 0 Å². The van der Waals surface area contributed by atoms with Crippen LogP contribution in [0.2, 0.25) is 0 Å². The summed E-state index contributed by atoms with van der Waals surface area (Å²) in [5.41, 5.74) is 0. The fourth-order valence-electron chi connectivity index (χ4n) is 1.24. The fourth-order valence-corrected chi connectivity index (χ4v) is 1.24. The van der Waals surface area contributed by atoms with Gasteiger partial charge in [0.25, 0.3) is 0 Å². The summed E-state index contributed by atoms with van der Waals surface area (Å²) in [7, 11) is 1.47. The zero-order valence-electron chi connectivity index (χ0n) is 8.17. The topological polar surface area (TPSA) is 44.8 Å². The van der Waals surface area contributed by atoms with Gasteiger partial charge in [-0.1, -0.05) is 18.2 Å². The summed E-state index contributed by atoms with van der Waals surface area (Å²) in [6.07, 6.45) is 0.498. The average molecular weight is 206 g/mol. The van der Waals surface area contributed by atoms with Crippen LogP contribution in [0.4, 0.5) is 0 Å². The van der Waals surface area contributed by atoms with Crippen LogP contribution in [-0.4, -0.2) is 19.4 Å². The first-order valence-corrected chi connectivity index (χ1v) is 4.47. The van der Waals surface area contributed by atoms with E-state index in [1.165, 1.54) is 13.2 Å². The number of methoxy groups -OCH3 is 1. The molecule has 1 aliphatic heterocycles. The number of hydrogen-bond acceptors (Lipinski definition) is 4. The number of ether oxygens (including phenoxy) is 3. The van der Waals surface area contributed by atoms with Crippen molar-refractivity contribution >= 4 is 5.97 Å². The van der Waals surface area contributed by atoms with Gasteiger partial charge in [-0.05, 0) is 12.1 Å². The third kappa shape index (κ3) is 2.10. The highest BCUT2D eigenvalue weighted by Gasteiger charge is 2.28. The zero-order valence-corrected chi connectivity index (χ0v) is 8.17. The lowest BCUT2D eigenvalue weighted by atomic mass is 10.3. The molecular formula is C11H10O4. The molecule has 4 nitrogen and oxygen atoms in total. The molecule has 0 saturated heterocycles. The van der Waals surface area contributed by atoms with Crippen LogP contribution < -0.4 is 4.74 Å². The summed E-state index contributed by atoms with van der Waals surface area (Å²) in [6, 6.07) is 9.10. The zero-order chi connectivity index (χ0) is 10.7. The van der Waals surface area contributed by atoms with Crippen molar-refractivity contribution in [1.82, 2.24) is 0 Å². The van der Waals surface area contributed by atoms with Crippen LogP contribution in [0.5, 0.6) is 5.75 Å². The number of esters is 1. The lowest BCUT2D eigenvalue weighted by molar-refractivity contribution is -0.150. The van der Waals surface area contributed by atoms with E-state index in [2.05, 4.69) is 0 Å².